The van der Waals surface area contributed by atoms with Crippen molar-refractivity contribution in [2.24, 2.45) is 5.92 Å². The van der Waals surface area contributed by atoms with Gasteiger partial charge in [-0.2, -0.15) is 0 Å². The van der Waals surface area contributed by atoms with Crippen molar-refractivity contribution in [1.82, 2.24) is 9.97 Å². The van der Waals surface area contributed by atoms with Crippen molar-refractivity contribution < 1.29 is 14.6 Å². The van der Waals surface area contributed by atoms with Gasteiger partial charge in [0, 0.05) is 17.4 Å². The second-order valence-corrected chi connectivity index (χ2v) is 6.81. The number of rotatable bonds is 4. The lowest BCUT2D eigenvalue weighted by atomic mass is 9.87. The Balaban J connectivity index is 1.60. The van der Waals surface area contributed by atoms with Gasteiger partial charge in [-0.15, -0.1) is 0 Å². The molecule has 5 heteroatoms. The van der Waals surface area contributed by atoms with Crippen molar-refractivity contribution in [3.05, 3.63) is 65.1 Å². The lowest BCUT2D eigenvalue weighted by Crippen LogP contribution is -2.20. The molecule has 0 spiro atoms. The minimum Gasteiger partial charge on any atom is -0.485 e. The lowest BCUT2D eigenvalue weighted by molar-refractivity contribution is 0.0951. The van der Waals surface area contributed by atoms with Crippen LogP contribution >= 0.6 is 0 Å². The largest absolute Gasteiger partial charge is 0.485 e. The third kappa shape index (κ3) is 3.18. The Hall–Kier alpha value is -2.79. The molecule has 0 aliphatic heterocycles. The number of aliphatic hydroxyl groups excluding tert-OH is 1. The van der Waals surface area contributed by atoms with E-state index < -0.39 is 0 Å². The smallest absolute Gasteiger partial charge is 0.165 e. The fourth-order valence-electron chi connectivity index (χ4n) is 3.38. The summed E-state index contributed by atoms with van der Waals surface area (Å²) in [5.41, 5.74) is 3.52. The zero-order valence-corrected chi connectivity index (χ0v) is 14.6. The van der Waals surface area contributed by atoms with Crippen molar-refractivity contribution >= 4 is 16.7 Å². The molecule has 1 atom stereocenters. The van der Waals surface area contributed by atoms with Gasteiger partial charge in [-0.1, -0.05) is 31.2 Å². The third-order valence-electron chi connectivity index (χ3n) is 4.70. The number of nitrogens with zero attached hydrogens (tertiary/aromatic N) is 2. The molecule has 0 saturated heterocycles. The second kappa shape index (κ2) is 6.84. The molecule has 0 saturated carbocycles. The number of ketones is 1. The number of benzene rings is 1. The minimum absolute atomic E-state index is 0.0874. The minimum atomic E-state index is -0.226. The molecule has 2 heterocycles. The molecule has 1 unspecified atom stereocenters. The van der Waals surface area contributed by atoms with Crippen LogP contribution in [-0.4, -0.2) is 20.9 Å². The molecule has 1 N–H and O–H groups in total. The van der Waals surface area contributed by atoms with Crippen molar-refractivity contribution in [2.75, 3.05) is 0 Å². The predicted octanol–water partition coefficient (Wildman–Crippen LogP) is 3.47. The average Bonchev–Trinajstić information content (AvgIpc) is 2.65. The van der Waals surface area contributed by atoms with E-state index in [9.17, 15) is 9.90 Å². The van der Waals surface area contributed by atoms with Crippen molar-refractivity contribution in [1.29, 1.82) is 0 Å². The van der Waals surface area contributed by atoms with Crippen LogP contribution in [0.25, 0.3) is 10.9 Å². The number of hydrogen-bond donors (Lipinski definition) is 1. The van der Waals surface area contributed by atoms with Crippen LogP contribution in [0.4, 0.5) is 0 Å². The first-order chi connectivity index (χ1) is 12.6. The number of Topliss-reactive ketones (excluding diaryl/α,β-unsaturated/α-hetero) is 1. The van der Waals surface area contributed by atoms with Crippen LogP contribution in [0.2, 0.25) is 0 Å². The molecular formula is C21H20N2O3. The van der Waals surface area contributed by atoms with E-state index in [1.807, 2.05) is 43.3 Å². The fraction of sp³-hybridized carbons (Fsp3) is 0.286. The number of carbonyl (C=O) groups is 1. The summed E-state index contributed by atoms with van der Waals surface area (Å²) in [5.74, 6) is 0.816. The van der Waals surface area contributed by atoms with Crippen LogP contribution in [0, 0.1) is 5.92 Å². The van der Waals surface area contributed by atoms with E-state index in [4.69, 9.17) is 4.74 Å². The zero-order chi connectivity index (χ0) is 18.1. The number of para-hydroxylation sites is 1. The summed E-state index contributed by atoms with van der Waals surface area (Å²) in [5, 5.41) is 10.7. The van der Waals surface area contributed by atoms with Gasteiger partial charge in [-0.05, 0) is 30.5 Å². The Morgan fingerprint density at radius 2 is 2.00 bits per heavy atom. The van der Waals surface area contributed by atoms with Crippen molar-refractivity contribution in [3.8, 4) is 5.75 Å². The SMILES string of the molecule is CC1CC(=O)c2cc(OCc3ccc4ccccc4n3)c(CO)nc2C1. The van der Waals surface area contributed by atoms with Gasteiger partial charge in [0.25, 0.3) is 0 Å². The number of ether oxygens (including phenoxy) is 1. The van der Waals surface area contributed by atoms with E-state index in [0.29, 0.717) is 23.4 Å². The molecule has 4 rings (SSSR count). The maximum Gasteiger partial charge on any atom is 0.165 e. The first-order valence-corrected chi connectivity index (χ1v) is 8.78. The van der Waals surface area contributed by atoms with E-state index in [0.717, 1.165) is 28.7 Å². The van der Waals surface area contributed by atoms with Gasteiger partial charge in [0.2, 0.25) is 0 Å². The van der Waals surface area contributed by atoms with Crippen LogP contribution in [0.1, 0.15) is 40.8 Å². The van der Waals surface area contributed by atoms with Gasteiger partial charge >= 0.3 is 0 Å². The van der Waals surface area contributed by atoms with Crippen molar-refractivity contribution in [3.63, 3.8) is 0 Å². The lowest BCUT2D eigenvalue weighted by Gasteiger charge is -2.21. The normalized spacial score (nSPS) is 16.5. The van der Waals surface area contributed by atoms with Crippen molar-refractivity contribution in [2.45, 2.75) is 33.0 Å². The average molecular weight is 348 g/mol. The van der Waals surface area contributed by atoms with E-state index in [1.54, 1.807) is 6.07 Å². The van der Waals surface area contributed by atoms with E-state index in [2.05, 4.69) is 9.97 Å². The van der Waals surface area contributed by atoms with Gasteiger partial charge in [0.05, 0.1) is 23.5 Å². The number of fused-ring (bicyclic) bond motifs is 2. The standard InChI is InChI=1S/C21H20N2O3/c1-13-8-18-16(20(25)9-13)10-21(19(11-24)23-18)26-12-15-7-6-14-4-2-3-5-17(14)22-15/h2-7,10,13,24H,8-9,11-12H2,1H3. The van der Waals surface area contributed by atoms with Crippen LogP contribution in [0.5, 0.6) is 5.75 Å². The number of pyridine rings is 2. The second-order valence-electron chi connectivity index (χ2n) is 6.81. The van der Waals surface area contributed by atoms with Gasteiger partial charge in [0.15, 0.2) is 5.78 Å². The summed E-state index contributed by atoms with van der Waals surface area (Å²) in [6, 6.07) is 13.5. The Morgan fingerprint density at radius 1 is 1.15 bits per heavy atom. The molecule has 5 nitrogen and oxygen atoms in total. The quantitative estimate of drug-likeness (QED) is 0.782. The van der Waals surface area contributed by atoms with E-state index in [-0.39, 0.29) is 24.9 Å². The molecule has 26 heavy (non-hydrogen) atoms. The zero-order valence-electron chi connectivity index (χ0n) is 14.6. The monoisotopic (exact) mass is 348 g/mol. The molecule has 0 amide bonds. The molecule has 2 aromatic heterocycles. The van der Waals surface area contributed by atoms with Gasteiger partial charge in [-0.25, -0.2) is 4.98 Å². The molecule has 0 radical (unpaired) electrons. The highest BCUT2D eigenvalue weighted by molar-refractivity contribution is 5.98. The molecule has 1 aliphatic rings. The number of aromatic nitrogens is 2. The summed E-state index contributed by atoms with van der Waals surface area (Å²) in [4.78, 5) is 21.4. The van der Waals surface area contributed by atoms with E-state index >= 15 is 0 Å². The topological polar surface area (TPSA) is 72.3 Å². The van der Waals surface area contributed by atoms with Gasteiger partial charge in [-0.3, -0.25) is 9.78 Å². The molecule has 0 bridgehead atoms. The molecular weight excluding hydrogens is 328 g/mol. The van der Waals surface area contributed by atoms with Crippen LogP contribution in [0.3, 0.4) is 0 Å². The highest BCUT2D eigenvalue weighted by Gasteiger charge is 2.25. The number of hydrogen-bond acceptors (Lipinski definition) is 5. The summed E-state index contributed by atoms with van der Waals surface area (Å²) in [7, 11) is 0. The Kier molecular flexibility index (Phi) is 4.39. The van der Waals surface area contributed by atoms with Crippen LogP contribution in [0.15, 0.2) is 42.5 Å². The molecule has 0 fully saturated rings. The predicted molar refractivity (Wildman–Crippen MR) is 98.1 cm³/mol. The highest BCUT2D eigenvalue weighted by Crippen LogP contribution is 2.29. The first-order valence-electron chi connectivity index (χ1n) is 8.78. The molecule has 1 aliphatic carbocycles. The van der Waals surface area contributed by atoms with E-state index in [1.165, 1.54) is 0 Å². The number of aliphatic hydroxyl groups is 1. The van der Waals surface area contributed by atoms with Gasteiger partial charge < -0.3 is 9.84 Å². The fourth-order valence-corrected chi connectivity index (χ4v) is 3.38. The molecule has 1 aromatic carbocycles. The summed E-state index contributed by atoms with van der Waals surface area (Å²) in [6.45, 7) is 2.07. The summed E-state index contributed by atoms with van der Waals surface area (Å²) >= 11 is 0. The van der Waals surface area contributed by atoms with Gasteiger partial charge in [0.1, 0.15) is 18.1 Å². The summed E-state index contributed by atoms with van der Waals surface area (Å²) < 4.78 is 5.87. The number of carbonyl (C=O) groups excluding carboxylic acids is 1. The molecule has 132 valence electrons. The Labute approximate surface area is 151 Å². The third-order valence-corrected chi connectivity index (χ3v) is 4.70. The Bertz CT molecular complexity index is 984. The maximum absolute atomic E-state index is 12.3. The first kappa shape index (κ1) is 16.7. The van der Waals surface area contributed by atoms with Crippen LogP contribution < -0.4 is 4.74 Å². The summed E-state index contributed by atoms with van der Waals surface area (Å²) in [6.07, 6.45) is 1.28. The Morgan fingerprint density at radius 3 is 2.85 bits per heavy atom. The maximum atomic E-state index is 12.3. The van der Waals surface area contributed by atoms with Crippen LogP contribution in [-0.2, 0) is 19.6 Å². The molecule has 3 aromatic rings. The highest BCUT2D eigenvalue weighted by atomic mass is 16.5.